The number of aliphatic imine (C=N–C) groups is 1. The van der Waals surface area contributed by atoms with Crippen molar-refractivity contribution in [2.75, 3.05) is 26.2 Å². The minimum Gasteiger partial charge on any atom is -0.383 e. The Labute approximate surface area is 201 Å². The molecule has 1 saturated heterocycles. The molecule has 0 spiro atoms. The normalized spacial score (nSPS) is 21.4. The van der Waals surface area contributed by atoms with Crippen LogP contribution in [-0.2, 0) is 10.3 Å². The lowest BCUT2D eigenvalue weighted by molar-refractivity contribution is -0.0265. The standard InChI is InChI=1S/C23H33N3O2S.HI/c1-4-24-22(26-16-23(3,27)20-8-6-14-29-20)25-15-19-7-5-13-28-21(19)18-11-9-17(2)10-12-18;/h6,8-12,14,19,21,27H,4-5,7,13,15-16H2,1-3H3,(H2,24,25,26);1H. The average molecular weight is 544 g/mol. The lowest BCUT2D eigenvalue weighted by atomic mass is 9.89. The van der Waals surface area contributed by atoms with E-state index in [1.54, 1.807) is 11.3 Å². The van der Waals surface area contributed by atoms with Gasteiger partial charge < -0.3 is 20.5 Å². The summed E-state index contributed by atoms with van der Waals surface area (Å²) < 4.78 is 6.13. The van der Waals surface area contributed by atoms with E-state index in [-0.39, 0.29) is 30.1 Å². The van der Waals surface area contributed by atoms with Crippen LogP contribution in [0.1, 0.15) is 48.8 Å². The fourth-order valence-electron chi connectivity index (χ4n) is 3.64. The molecule has 5 nitrogen and oxygen atoms in total. The van der Waals surface area contributed by atoms with Crippen LogP contribution in [0.3, 0.4) is 0 Å². The number of guanidine groups is 1. The second-order valence-corrected chi connectivity index (χ2v) is 8.88. The summed E-state index contributed by atoms with van der Waals surface area (Å²) >= 11 is 1.55. The Balaban J connectivity index is 0.00000320. The molecule has 2 heterocycles. The first-order valence-corrected chi connectivity index (χ1v) is 11.3. The number of hydrogen-bond donors (Lipinski definition) is 3. The van der Waals surface area contributed by atoms with Gasteiger partial charge in [-0.05, 0) is 50.6 Å². The molecule has 3 unspecified atom stereocenters. The molecule has 0 radical (unpaired) electrons. The van der Waals surface area contributed by atoms with Crippen molar-refractivity contribution in [3.8, 4) is 0 Å². The van der Waals surface area contributed by atoms with Crippen LogP contribution >= 0.6 is 35.3 Å². The third-order valence-electron chi connectivity index (χ3n) is 5.32. The fraction of sp³-hybridized carbons (Fsp3) is 0.522. The van der Waals surface area contributed by atoms with Gasteiger partial charge in [0, 0.05) is 30.5 Å². The predicted octanol–water partition coefficient (Wildman–Crippen LogP) is 4.61. The highest BCUT2D eigenvalue weighted by Crippen LogP contribution is 2.33. The second kappa shape index (κ2) is 12.0. The number of benzene rings is 1. The monoisotopic (exact) mass is 543 g/mol. The molecule has 3 atom stereocenters. The van der Waals surface area contributed by atoms with E-state index >= 15 is 0 Å². The first kappa shape index (κ1) is 25.1. The zero-order chi connectivity index (χ0) is 20.7. The number of thiophene rings is 1. The van der Waals surface area contributed by atoms with Crippen molar-refractivity contribution in [2.24, 2.45) is 10.9 Å². The van der Waals surface area contributed by atoms with Crippen LogP contribution in [0.25, 0.3) is 0 Å². The zero-order valence-electron chi connectivity index (χ0n) is 18.1. The maximum Gasteiger partial charge on any atom is 0.191 e. The highest BCUT2D eigenvalue weighted by molar-refractivity contribution is 14.0. The summed E-state index contributed by atoms with van der Waals surface area (Å²) in [6.45, 7) is 8.65. The summed E-state index contributed by atoms with van der Waals surface area (Å²) in [5.41, 5.74) is 1.54. The van der Waals surface area contributed by atoms with Crippen molar-refractivity contribution in [2.45, 2.75) is 45.3 Å². The van der Waals surface area contributed by atoms with Crippen LogP contribution in [0.4, 0.5) is 0 Å². The molecule has 0 saturated carbocycles. The lowest BCUT2D eigenvalue weighted by Crippen LogP contribution is -2.42. The van der Waals surface area contributed by atoms with E-state index in [1.807, 2.05) is 31.4 Å². The number of ether oxygens (including phenoxy) is 1. The van der Waals surface area contributed by atoms with Gasteiger partial charge in [0.05, 0.1) is 12.6 Å². The highest BCUT2D eigenvalue weighted by atomic mass is 127. The van der Waals surface area contributed by atoms with Crippen LogP contribution < -0.4 is 10.6 Å². The number of nitrogens with zero attached hydrogens (tertiary/aromatic N) is 1. The topological polar surface area (TPSA) is 65.9 Å². The molecule has 3 rings (SSSR count). The van der Waals surface area contributed by atoms with Crippen molar-refractivity contribution in [3.63, 3.8) is 0 Å². The minimum absolute atomic E-state index is 0. The lowest BCUT2D eigenvalue weighted by Gasteiger charge is -2.33. The molecule has 0 amide bonds. The Morgan fingerprint density at radius 3 is 2.70 bits per heavy atom. The van der Waals surface area contributed by atoms with Crippen molar-refractivity contribution >= 4 is 41.3 Å². The summed E-state index contributed by atoms with van der Waals surface area (Å²) in [6, 6.07) is 12.6. The summed E-state index contributed by atoms with van der Waals surface area (Å²) in [5.74, 6) is 1.12. The molecule has 0 bridgehead atoms. The number of hydrogen-bond acceptors (Lipinski definition) is 4. The van der Waals surface area contributed by atoms with Crippen molar-refractivity contribution in [1.82, 2.24) is 10.6 Å². The van der Waals surface area contributed by atoms with Gasteiger partial charge in [0.1, 0.15) is 5.60 Å². The maximum atomic E-state index is 10.7. The summed E-state index contributed by atoms with van der Waals surface area (Å²) in [5, 5.41) is 19.5. The molecule has 2 aromatic rings. The van der Waals surface area contributed by atoms with Crippen molar-refractivity contribution < 1.29 is 9.84 Å². The van der Waals surface area contributed by atoms with Crippen molar-refractivity contribution in [3.05, 3.63) is 57.8 Å². The third-order valence-corrected chi connectivity index (χ3v) is 6.45. The smallest absolute Gasteiger partial charge is 0.191 e. The molecule has 3 N–H and O–H groups in total. The average Bonchev–Trinajstić information content (AvgIpc) is 3.27. The Morgan fingerprint density at radius 2 is 2.03 bits per heavy atom. The van der Waals surface area contributed by atoms with Crippen LogP contribution in [-0.4, -0.2) is 37.3 Å². The summed E-state index contributed by atoms with van der Waals surface area (Å²) in [7, 11) is 0. The van der Waals surface area contributed by atoms with Crippen LogP contribution in [0.2, 0.25) is 0 Å². The van der Waals surface area contributed by atoms with Gasteiger partial charge in [0.2, 0.25) is 0 Å². The fourth-order valence-corrected chi connectivity index (χ4v) is 4.42. The van der Waals surface area contributed by atoms with Gasteiger partial charge in [0.15, 0.2) is 5.96 Å². The molecular weight excluding hydrogens is 509 g/mol. The molecule has 1 aliphatic rings. The molecule has 1 aliphatic heterocycles. The molecule has 0 aliphatic carbocycles. The third kappa shape index (κ3) is 6.93. The molecule has 166 valence electrons. The molecule has 1 aromatic heterocycles. The van der Waals surface area contributed by atoms with E-state index in [2.05, 4.69) is 46.8 Å². The Kier molecular flexibility index (Phi) is 10.1. The van der Waals surface area contributed by atoms with Crippen LogP contribution in [0.5, 0.6) is 0 Å². The number of nitrogens with one attached hydrogen (secondary N) is 2. The number of rotatable bonds is 7. The van der Waals surface area contributed by atoms with Crippen molar-refractivity contribution in [1.29, 1.82) is 0 Å². The van der Waals surface area contributed by atoms with E-state index in [9.17, 15) is 5.11 Å². The quantitative estimate of drug-likeness (QED) is 0.271. The van der Waals surface area contributed by atoms with Crippen LogP contribution in [0.15, 0.2) is 46.8 Å². The Morgan fingerprint density at radius 1 is 1.27 bits per heavy atom. The van der Waals surface area contributed by atoms with Gasteiger partial charge in [0.25, 0.3) is 0 Å². The molecule has 30 heavy (non-hydrogen) atoms. The van der Waals surface area contributed by atoms with E-state index in [0.717, 1.165) is 43.4 Å². The van der Waals surface area contributed by atoms with Gasteiger partial charge >= 0.3 is 0 Å². The molecule has 1 fully saturated rings. The SMILES string of the molecule is CCNC(=NCC(C)(O)c1cccs1)NCC1CCCOC1c1ccc(C)cc1.I. The van der Waals surface area contributed by atoms with Crippen LogP contribution in [0, 0.1) is 12.8 Å². The van der Waals surface area contributed by atoms with Gasteiger partial charge in [-0.15, -0.1) is 35.3 Å². The van der Waals surface area contributed by atoms with E-state index in [4.69, 9.17) is 4.74 Å². The molecule has 7 heteroatoms. The second-order valence-electron chi connectivity index (χ2n) is 7.93. The molecule has 1 aromatic carbocycles. The van der Waals surface area contributed by atoms with Gasteiger partial charge in [-0.2, -0.15) is 0 Å². The number of aliphatic hydroxyl groups is 1. The summed E-state index contributed by atoms with van der Waals surface area (Å²) in [6.07, 6.45) is 2.31. The zero-order valence-corrected chi connectivity index (χ0v) is 21.2. The first-order valence-electron chi connectivity index (χ1n) is 10.5. The van der Waals surface area contributed by atoms with E-state index in [0.29, 0.717) is 12.5 Å². The predicted molar refractivity (Wildman–Crippen MR) is 136 cm³/mol. The highest BCUT2D eigenvalue weighted by Gasteiger charge is 2.28. The number of halogens is 1. The van der Waals surface area contributed by atoms with Gasteiger partial charge in [-0.25, -0.2) is 4.99 Å². The molecular formula is C23H34IN3O2S. The van der Waals surface area contributed by atoms with E-state index in [1.165, 1.54) is 11.1 Å². The minimum atomic E-state index is -0.963. The Hall–Kier alpha value is -1.16. The summed E-state index contributed by atoms with van der Waals surface area (Å²) in [4.78, 5) is 5.57. The largest absolute Gasteiger partial charge is 0.383 e. The first-order chi connectivity index (χ1) is 14.0. The van der Waals surface area contributed by atoms with E-state index < -0.39 is 5.60 Å². The van der Waals surface area contributed by atoms with Gasteiger partial charge in [-0.3, -0.25) is 0 Å². The maximum absolute atomic E-state index is 10.7. The Bertz CT molecular complexity index is 778. The van der Waals surface area contributed by atoms with Gasteiger partial charge in [-0.1, -0.05) is 35.9 Å². The number of aryl methyl sites for hydroxylation is 1.